The van der Waals surface area contributed by atoms with Crippen LogP contribution in [0.5, 0.6) is 5.75 Å². The molecule has 1 amide bonds. The summed E-state index contributed by atoms with van der Waals surface area (Å²) in [6, 6.07) is 4.77. The van der Waals surface area contributed by atoms with E-state index in [2.05, 4.69) is 5.32 Å². The third-order valence-corrected chi connectivity index (χ3v) is 8.69. The van der Waals surface area contributed by atoms with Crippen LogP contribution in [0, 0.1) is 13.8 Å². The number of esters is 1. The van der Waals surface area contributed by atoms with Gasteiger partial charge in [0.2, 0.25) is 15.9 Å². The molecule has 1 aromatic carbocycles. The van der Waals surface area contributed by atoms with Crippen LogP contribution in [0.1, 0.15) is 52.5 Å². The zero-order valence-corrected chi connectivity index (χ0v) is 21.5. The molecule has 0 atom stereocenters. The lowest BCUT2D eigenvalue weighted by Gasteiger charge is -2.26. The number of anilines is 1. The molecule has 2 heterocycles. The second-order valence-corrected chi connectivity index (χ2v) is 11.0. The predicted octanol–water partition coefficient (Wildman–Crippen LogP) is 4.38. The van der Waals surface area contributed by atoms with Gasteiger partial charge in [-0.1, -0.05) is 12.5 Å². The number of carbonyl (C=O) groups is 2. The van der Waals surface area contributed by atoms with Gasteiger partial charge < -0.3 is 14.8 Å². The zero-order chi connectivity index (χ0) is 24.9. The maximum Gasteiger partial charge on any atom is 0.341 e. The monoisotopic (exact) mass is 506 g/mol. The van der Waals surface area contributed by atoms with E-state index in [0.717, 1.165) is 29.7 Å². The summed E-state index contributed by atoms with van der Waals surface area (Å²) < 4.78 is 38.3. The maximum atomic E-state index is 13.2. The molecule has 0 spiro atoms. The number of rotatable bonds is 8. The molecule has 1 N–H and O–H groups in total. The quantitative estimate of drug-likeness (QED) is 0.421. The van der Waals surface area contributed by atoms with Gasteiger partial charge in [-0.15, -0.1) is 11.3 Å². The summed E-state index contributed by atoms with van der Waals surface area (Å²) >= 11 is 1.30. The Hall–Kier alpha value is -2.69. The van der Waals surface area contributed by atoms with Crippen molar-refractivity contribution in [1.82, 2.24) is 4.31 Å². The van der Waals surface area contributed by atoms with Crippen LogP contribution in [0.2, 0.25) is 0 Å². The first-order chi connectivity index (χ1) is 16.2. The van der Waals surface area contributed by atoms with E-state index >= 15 is 0 Å². The van der Waals surface area contributed by atoms with Gasteiger partial charge in [0.15, 0.2) is 0 Å². The van der Waals surface area contributed by atoms with Gasteiger partial charge >= 0.3 is 5.97 Å². The summed E-state index contributed by atoms with van der Waals surface area (Å²) in [5.41, 5.74) is 1.66. The van der Waals surface area contributed by atoms with E-state index in [0.29, 0.717) is 29.2 Å². The third kappa shape index (κ3) is 5.68. The van der Waals surface area contributed by atoms with Crippen molar-refractivity contribution in [3.63, 3.8) is 0 Å². The van der Waals surface area contributed by atoms with Crippen molar-refractivity contribution in [3.05, 3.63) is 45.8 Å². The number of aryl methyl sites for hydroxylation is 1. The Morgan fingerprint density at radius 3 is 2.53 bits per heavy atom. The van der Waals surface area contributed by atoms with Crippen molar-refractivity contribution < 1.29 is 27.5 Å². The number of thiophene rings is 1. The Labute approximate surface area is 204 Å². The fourth-order valence-electron chi connectivity index (χ4n) is 3.73. The Balaban J connectivity index is 1.82. The number of piperidine rings is 1. The van der Waals surface area contributed by atoms with Gasteiger partial charge in [0.25, 0.3) is 0 Å². The van der Waals surface area contributed by atoms with E-state index in [1.807, 2.05) is 13.8 Å². The van der Waals surface area contributed by atoms with Gasteiger partial charge in [0, 0.05) is 24.0 Å². The number of hydrogen-bond donors (Lipinski definition) is 1. The molecule has 34 heavy (non-hydrogen) atoms. The van der Waals surface area contributed by atoms with Gasteiger partial charge in [-0.3, -0.25) is 4.79 Å². The second kappa shape index (κ2) is 11.2. The van der Waals surface area contributed by atoms with E-state index in [4.69, 9.17) is 9.47 Å². The molecule has 0 aliphatic carbocycles. The molecule has 2 aromatic rings. The normalized spacial score (nSPS) is 14.8. The maximum absolute atomic E-state index is 13.2. The highest BCUT2D eigenvalue weighted by atomic mass is 32.2. The van der Waals surface area contributed by atoms with Crippen LogP contribution in [0.3, 0.4) is 0 Å². The fourth-order valence-corrected chi connectivity index (χ4v) is 6.49. The summed E-state index contributed by atoms with van der Waals surface area (Å²) in [6.45, 7) is 6.61. The van der Waals surface area contributed by atoms with Crippen molar-refractivity contribution in [2.24, 2.45) is 0 Å². The number of ether oxygens (including phenoxy) is 2. The molecule has 0 bridgehead atoms. The summed E-state index contributed by atoms with van der Waals surface area (Å²) in [6.07, 6.45) is 5.51. The lowest BCUT2D eigenvalue weighted by Crippen LogP contribution is -2.35. The van der Waals surface area contributed by atoms with Crippen LogP contribution >= 0.6 is 11.3 Å². The summed E-state index contributed by atoms with van der Waals surface area (Å²) in [7, 11) is -2.28. The minimum absolute atomic E-state index is 0.0774. The first kappa shape index (κ1) is 25.9. The molecule has 184 valence electrons. The van der Waals surface area contributed by atoms with Gasteiger partial charge in [-0.25, -0.2) is 13.2 Å². The fraction of sp³-hybridized carbons (Fsp3) is 0.417. The molecule has 8 nitrogen and oxygen atoms in total. The summed E-state index contributed by atoms with van der Waals surface area (Å²) in [5.74, 6) is -0.662. The van der Waals surface area contributed by atoms with Gasteiger partial charge in [-0.05, 0) is 62.9 Å². The van der Waals surface area contributed by atoms with Gasteiger partial charge in [0.1, 0.15) is 15.6 Å². The van der Waals surface area contributed by atoms with Crippen LogP contribution in [-0.4, -0.2) is 51.4 Å². The van der Waals surface area contributed by atoms with E-state index in [1.165, 1.54) is 41.0 Å². The molecule has 1 aliphatic heterocycles. The van der Waals surface area contributed by atoms with E-state index in [-0.39, 0.29) is 17.3 Å². The smallest absolute Gasteiger partial charge is 0.341 e. The van der Waals surface area contributed by atoms with Crippen molar-refractivity contribution in [3.8, 4) is 5.75 Å². The van der Waals surface area contributed by atoms with Crippen LogP contribution in [-0.2, 0) is 19.6 Å². The van der Waals surface area contributed by atoms with Crippen LogP contribution in [0.4, 0.5) is 5.00 Å². The largest absolute Gasteiger partial charge is 0.495 e. The Kier molecular flexibility index (Phi) is 8.51. The van der Waals surface area contributed by atoms with Crippen molar-refractivity contribution in [2.75, 3.05) is 32.1 Å². The Bertz CT molecular complexity index is 1190. The van der Waals surface area contributed by atoms with Crippen LogP contribution in [0.15, 0.2) is 29.2 Å². The van der Waals surface area contributed by atoms with Gasteiger partial charge in [0.05, 0.1) is 19.3 Å². The van der Waals surface area contributed by atoms with Crippen LogP contribution < -0.4 is 10.1 Å². The van der Waals surface area contributed by atoms with E-state index < -0.39 is 21.9 Å². The topological polar surface area (TPSA) is 102 Å². The molecule has 0 unspecified atom stereocenters. The van der Waals surface area contributed by atoms with Crippen LogP contribution in [0.25, 0.3) is 6.08 Å². The SMILES string of the molecule is CCOC(=O)c1c(NC(=O)/C=C/c2ccc(OC)c(S(=O)(=O)N3CCCCC3)c2)sc(C)c1C. The van der Waals surface area contributed by atoms with Gasteiger partial charge in [-0.2, -0.15) is 4.31 Å². The highest BCUT2D eigenvalue weighted by Gasteiger charge is 2.29. The minimum Gasteiger partial charge on any atom is -0.495 e. The average Bonchev–Trinajstić information content (AvgIpc) is 3.10. The van der Waals surface area contributed by atoms with E-state index in [1.54, 1.807) is 19.1 Å². The molecule has 3 rings (SSSR count). The summed E-state index contributed by atoms with van der Waals surface area (Å²) in [5, 5.41) is 3.16. The number of nitrogens with one attached hydrogen (secondary N) is 1. The average molecular weight is 507 g/mol. The molecule has 1 saturated heterocycles. The zero-order valence-electron chi connectivity index (χ0n) is 19.8. The Morgan fingerprint density at radius 2 is 1.88 bits per heavy atom. The first-order valence-corrected chi connectivity index (χ1v) is 13.4. The Morgan fingerprint density at radius 1 is 1.18 bits per heavy atom. The number of sulfonamides is 1. The molecular formula is C24H30N2O6S2. The standard InChI is InChI=1S/C24H30N2O6S2/c1-5-32-24(28)22-16(2)17(3)33-23(22)25-21(27)12-10-18-9-11-19(31-4)20(15-18)34(29,30)26-13-7-6-8-14-26/h9-12,15H,5-8,13-14H2,1-4H3,(H,25,27)/b12-10+. The number of nitrogens with zero attached hydrogens (tertiary/aromatic N) is 1. The van der Waals surface area contributed by atoms with E-state index in [9.17, 15) is 18.0 Å². The molecule has 1 fully saturated rings. The van der Waals surface area contributed by atoms with Crippen molar-refractivity contribution in [1.29, 1.82) is 0 Å². The number of carbonyl (C=O) groups excluding carboxylic acids is 2. The van der Waals surface area contributed by atoms with Crippen molar-refractivity contribution in [2.45, 2.75) is 44.9 Å². The molecular weight excluding hydrogens is 476 g/mol. The third-order valence-electron chi connectivity index (χ3n) is 5.65. The highest BCUT2D eigenvalue weighted by Crippen LogP contribution is 2.33. The molecule has 0 radical (unpaired) electrons. The molecule has 10 heteroatoms. The summed E-state index contributed by atoms with van der Waals surface area (Å²) in [4.78, 5) is 25.9. The predicted molar refractivity (Wildman–Crippen MR) is 133 cm³/mol. The molecule has 1 aliphatic rings. The number of hydrogen-bond acceptors (Lipinski definition) is 7. The lowest BCUT2D eigenvalue weighted by atomic mass is 10.1. The van der Waals surface area contributed by atoms with Crippen molar-refractivity contribution >= 4 is 44.3 Å². The molecule has 1 aromatic heterocycles. The lowest BCUT2D eigenvalue weighted by molar-refractivity contribution is -0.111. The minimum atomic E-state index is -3.71. The first-order valence-electron chi connectivity index (χ1n) is 11.1. The second-order valence-electron chi connectivity index (χ2n) is 7.91. The molecule has 0 saturated carbocycles. The number of benzene rings is 1. The number of amides is 1. The highest BCUT2D eigenvalue weighted by molar-refractivity contribution is 7.89. The number of methoxy groups -OCH3 is 1.